The van der Waals surface area contributed by atoms with E-state index in [2.05, 4.69) is 10.6 Å². The first-order valence-electron chi connectivity index (χ1n) is 10.9. The van der Waals surface area contributed by atoms with E-state index < -0.39 is 0 Å². The van der Waals surface area contributed by atoms with Crippen LogP contribution in [-0.2, 0) is 16.0 Å². The molecule has 2 saturated carbocycles. The molecular weight excluding hydrogens is 352 g/mol. The maximum Gasteiger partial charge on any atom is 0.223 e. The van der Waals surface area contributed by atoms with Gasteiger partial charge in [0.05, 0.1) is 7.11 Å². The zero-order chi connectivity index (χ0) is 19.8. The second-order valence-electron chi connectivity index (χ2n) is 8.24. The van der Waals surface area contributed by atoms with E-state index in [0.717, 1.165) is 56.3 Å². The molecule has 3 rings (SSSR count). The van der Waals surface area contributed by atoms with Crippen LogP contribution in [0, 0.1) is 11.8 Å². The van der Waals surface area contributed by atoms with Crippen LogP contribution in [-0.4, -0.2) is 31.5 Å². The smallest absolute Gasteiger partial charge is 0.223 e. The largest absolute Gasteiger partial charge is 0.496 e. The summed E-state index contributed by atoms with van der Waals surface area (Å²) in [6, 6.07) is 8.28. The van der Waals surface area contributed by atoms with Crippen molar-refractivity contribution in [1.29, 1.82) is 0 Å². The van der Waals surface area contributed by atoms with Crippen LogP contribution in [0.5, 0.6) is 5.75 Å². The molecule has 0 aromatic heterocycles. The second kappa shape index (κ2) is 10.5. The lowest BCUT2D eigenvalue weighted by atomic mass is 9.81. The summed E-state index contributed by atoms with van der Waals surface area (Å²) in [7, 11) is 1.67. The Labute approximate surface area is 168 Å². The molecule has 0 bridgehead atoms. The predicted octanol–water partition coefficient (Wildman–Crippen LogP) is 3.61. The van der Waals surface area contributed by atoms with Gasteiger partial charge in [-0.05, 0) is 56.6 Å². The molecule has 0 spiro atoms. The number of hydrogen-bond acceptors (Lipinski definition) is 3. The van der Waals surface area contributed by atoms with Crippen molar-refractivity contribution in [1.82, 2.24) is 10.6 Å². The van der Waals surface area contributed by atoms with Gasteiger partial charge in [0.25, 0.3) is 0 Å². The van der Waals surface area contributed by atoms with Crippen molar-refractivity contribution in [2.45, 2.75) is 70.3 Å². The van der Waals surface area contributed by atoms with Gasteiger partial charge in [0.2, 0.25) is 11.8 Å². The summed E-state index contributed by atoms with van der Waals surface area (Å²) in [5.74, 6) is 1.32. The topological polar surface area (TPSA) is 67.4 Å². The molecule has 154 valence electrons. The number of benzene rings is 1. The number of methoxy groups -OCH3 is 1. The maximum atomic E-state index is 12.5. The van der Waals surface area contributed by atoms with Gasteiger partial charge in [-0.25, -0.2) is 0 Å². The molecule has 0 atom stereocenters. The van der Waals surface area contributed by atoms with Crippen LogP contribution < -0.4 is 15.4 Å². The molecular formula is C23H34N2O3. The SMILES string of the molecule is COc1ccccc1CCNC(=O)C1CCC(C(=O)NC2CCCCC2)CC1. The average molecular weight is 387 g/mol. The number of nitrogens with one attached hydrogen (secondary N) is 2. The minimum absolute atomic E-state index is 0.0383. The monoisotopic (exact) mass is 386 g/mol. The normalized spacial score (nSPS) is 23.0. The van der Waals surface area contributed by atoms with Crippen LogP contribution in [0.3, 0.4) is 0 Å². The molecule has 2 amide bonds. The Hall–Kier alpha value is -2.04. The van der Waals surface area contributed by atoms with Gasteiger partial charge in [-0.2, -0.15) is 0 Å². The summed E-state index contributed by atoms with van der Waals surface area (Å²) in [4.78, 5) is 25.0. The zero-order valence-electron chi connectivity index (χ0n) is 17.0. The lowest BCUT2D eigenvalue weighted by Crippen LogP contribution is -2.42. The van der Waals surface area contributed by atoms with Crippen LogP contribution in [0.4, 0.5) is 0 Å². The average Bonchev–Trinajstić information content (AvgIpc) is 2.75. The van der Waals surface area contributed by atoms with Crippen molar-refractivity contribution in [3.63, 3.8) is 0 Å². The quantitative estimate of drug-likeness (QED) is 0.752. The lowest BCUT2D eigenvalue weighted by Gasteiger charge is -2.30. The van der Waals surface area contributed by atoms with Crippen LogP contribution in [0.2, 0.25) is 0 Å². The Balaban J connectivity index is 1.37. The fourth-order valence-corrected chi connectivity index (χ4v) is 4.56. The molecule has 0 saturated heterocycles. The van der Waals surface area contributed by atoms with Crippen LogP contribution in [0.1, 0.15) is 63.4 Å². The van der Waals surface area contributed by atoms with E-state index in [1.807, 2.05) is 24.3 Å². The van der Waals surface area contributed by atoms with E-state index in [0.29, 0.717) is 12.6 Å². The highest BCUT2D eigenvalue weighted by Gasteiger charge is 2.30. The maximum absolute atomic E-state index is 12.5. The van der Waals surface area contributed by atoms with Crippen molar-refractivity contribution in [2.24, 2.45) is 11.8 Å². The van der Waals surface area contributed by atoms with Crippen LogP contribution >= 0.6 is 0 Å². The van der Waals surface area contributed by atoms with Gasteiger partial charge < -0.3 is 15.4 Å². The first-order chi connectivity index (χ1) is 13.7. The summed E-state index contributed by atoms with van der Waals surface area (Å²) in [5.41, 5.74) is 1.10. The van der Waals surface area contributed by atoms with Crippen molar-refractivity contribution < 1.29 is 14.3 Å². The summed E-state index contributed by atoms with van der Waals surface area (Å²) in [6.07, 6.45) is 10.0. The highest BCUT2D eigenvalue weighted by Crippen LogP contribution is 2.30. The van der Waals surface area contributed by atoms with Crippen molar-refractivity contribution >= 4 is 11.8 Å². The molecule has 2 N–H and O–H groups in total. The summed E-state index contributed by atoms with van der Waals surface area (Å²) < 4.78 is 5.36. The highest BCUT2D eigenvalue weighted by atomic mass is 16.5. The Kier molecular flexibility index (Phi) is 7.75. The van der Waals surface area contributed by atoms with Crippen LogP contribution in [0.25, 0.3) is 0 Å². The van der Waals surface area contributed by atoms with E-state index in [1.165, 1.54) is 19.3 Å². The molecule has 2 fully saturated rings. The number of ether oxygens (including phenoxy) is 1. The molecule has 5 nitrogen and oxygen atoms in total. The van der Waals surface area contributed by atoms with Gasteiger partial charge in [0, 0.05) is 24.4 Å². The van der Waals surface area contributed by atoms with Crippen molar-refractivity contribution in [3.05, 3.63) is 29.8 Å². The van der Waals surface area contributed by atoms with Gasteiger partial charge in [-0.1, -0.05) is 37.5 Å². The first kappa shape index (κ1) is 20.7. The number of carbonyl (C=O) groups is 2. The number of para-hydroxylation sites is 1. The van der Waals surface area contributed by atoms with Gasteiger partial charge in [0.15, 0.2) is 0 Å². The number of rotatable bonds is 7. The Morgan fingerprint density at radius 1 is 0.929 bits per heavy atom. The number of carbonyl (C=O) groups excluding carboxylic acids is 2. The van der Waals surface area contributed by atoms with Gasteiger partial charge in [-0.3, -0.25) is 9.59 Å². The van der Waals surface area contributed by atoms with E-state index in [9.17, 15) is 9.59 Å². The molecule has 2 aliphatic carbocycles. The fourth-order valence-electron chi connectivity index (χ4n) is 4.56. The van der Waals surface area contributed by atoms with Gasteiger partial charge >= 0.3 is 0 Å². The minimum Gasteiger partial charge on any atom is -0.496 e. The molecule has 0 aliphatic heterocycles. The van der Waals surface area contributed by atoms with Gasteiger partial charge in [0.1, 0.15) is 5.75 Å². The molecule has 1 aromatic rings. The molecule has 28 heavy (non-hydrogen) atoms. The fraction of sp³-hybridized carbons (Fsp3) is 0.652. The number of amides is 2. The Morgan fingerprint density at radius 3 is 2.25 bits per heavy atom. The summed E-state index contributed by atoms with van der Waals surface area (Å²) >= 11 is 0. The molecule has 5 heteroatoms. The molecule has 0 unspecified atom stereocenters. The van der Waals surface area contributed by atoms with E-state index in [1.54, 1.807) is 7.11 Å². The minimum atomic E-state index is 0.0383. The third-order valence-electron chi connectivity index (χ3n) is 6.31. The molecule has 0 heterocycles. The summed E-state index contributed by atoms with van der Waals surface area (Å²) in [6.45, 7) is 0.612. The second-order valence-corrected chi connectivity index (χ2v) is 8.24. The first-order valence-corrected chi connectivity index (χ1v) is 10.9. The predicted molar refractivity (Wildman–Crippen MR) is 110 cm³/mol. The Morgan fingerprint density at radius 2 is 1.57 bits per heavy atom. The standard InChI is InChI=1S/C23H34N2O3/c1-28-21-10-6-5-7-17(21)15-16-24-22(26)18-11-13-19(14-12-18)23(27)25-20-8-3-2-4-9-20/h5-7,10,18-20H,2-4,8-9,11-16H2,1H3,(H,24,26)(H,25,27). The molecule has 0 radical (unpaired) electrons. The third kappa shape index (κ3) is 5.73. The molecule has 1 aromatic carbocycles. The van der Waals surface area contributed by atoms with E-state index in [4.69, 9.17) is 4.74 Å². The third-order valence-corrected chi connectivity index (χ3v) is 6.31. The van der Waals surface area contributed by atoms with Gasteiger partial charge in [-0.15, -0.1) is 0 Å². The summed E-state index contributed by atoms with van der Waals surface area (Å²) in [5, 5.41) is 6.31. The lowest BCUT2D eigenvalue weighted by molar-refractivity contribution is -0.131. The Bertz CT molecular complexity index is 647. The van der Waals surface area contributed by atoms with Crippen molar-refractivity contribution in [3.8, 4) is 5.75 Å². The number of hydrogen-bond donors (Lipinski definition) is 2. The van der Waals surface area contributed by atoms with E-state index >= 15 is 0 Å². The molecule has 2 aliphatic rings. The highest BCUT2D eigenvalue weighted by molar-refractivity contribution is 5.81. The van der Waals surface area contributed by atoms with Crippen molar-refractivity contribution in [2.75, 3.05) is 13.7 Å². The zero-order valence-corrected chi connectivity index (χ0v) is 17.0. The van der Waals surface area contributed by atoms with Crippen LogP contribution in [0.15, 0.2) is 24.3 Å². The van der Waals surface area contributed by atoms with E-state index in [-0.39, 0.29) is 23.7 Å².